The summed E-state index contributed by atoms with van der Waals surface area (Å²) in [5.41, 5.74) is 1.13. The van der Waals surface area contributed by atoms with Crippen LogP contribution in [0.2, 0.25) is 5.02 Å². The molecule has 1 unspecified atom stereocenters. The molecular formula is C26H34ClN3O7S2. The number of likely N-dealkylation sites (tertiary alicyclic amines) is 1. The van der Waals surface area contributed by atoms with Crippen LogP contribution in [-0.4, -0.2) is 102 Å². The lowest BCUT2D eigenvalue weighted by Crippen LogP contribution is -2.52. The summed E-state index contributed by atoms with van der Waals surface area (Å²) in [5.74, 6) is -0.781. The van der Waals surface area contributed by atoms with Crippen LogP contribution in [0, 0.1) is 5.41 Å². The SMILES string of the molecule is CN1CC(O)CNS(=O)(=O)c2ccc(-c3ccc(Cl)cc3)cc2OCC2(CCN(C(=O)CS(C)(=O)=O)CC2)C1. The molecule has 10 nitrogen and oxygen atoms in total. The van der Waals surface area contributed by atoms with Gasteiger partial charge in [0.15, 0.2) is 9.84 Å². The van der Waals surface area contributed by atoms with Gasteiger partial charge in [-0.25, -0.2) is 21.6 Å². The van der Waals surface area contributed by atoms with Gasteiger partial charge in [-0.2, -0.15) is 0 Å². The summed E-state index contributed by atoms with van der Waals surface area (Å²) in [6.45, 7) is 1.50. The van der Waals surface area contributed by atoms with Crippen LogP contribution in [0.25, 0.3) is 11.1 Å². The van der Waals surface area contributed by atoms with Crippen molar-refractivity contribution in [2.75, 3.05) is 58.4 Å². The molecule has 1 fully saturated rings. The number of carbonyl (C=O) groups excluding carboxylic acids is 1. The largest absolute Gasteiger partial charge is 0.492 e. The maximum atomic E-state index is 13.2. The van der Waals surface area contributed by atoms with Gasteiger partial charge in [-0.05, 0) is 55.3 Å². The highest BCUT2D eigenvalue weighted by atomic mass is 35.5. The predicted octanol–water partition coefficient (Wildman–Crippen LogP) is 1.62. The van der Waals surface area contributed by atoms with E-state index in [-0.39, 0.29) is 30.3 Å². The third-order valence-electron chi connectivity index (χ3n) is 7.14. The van der Waals surface area contributed by atoms with Crippen LogP contribution in [0.3, 0.4) is 0 Å². The number of nitrogens with zero attached hydrogens (tertiary/aromatic N) is 2. The van der Waals surface area contributed by atoms with Crippen molar-refractivity contribution in [3.05, 3.63) is 47.5 Å². The summed E-state index contributed by atoms with van der Waals surface area (Å²) in [6.07, 6.45) is 1.16. The van der Waals surface area contributed by atoms with Crippen LogP contribution >= 0.6 is 11.6 Å². The molecule has 39 heavy (non-hydrogen) atoms. The first kappa shape index (κ1) is 29.8. The number of hydrogen-bond acceptors (Lipinski definition) is 8. The van der Waals surface area contributed by atoms with E-state index in [1.54, 1.807) is 29.2 Å². The zero-order valence-corrected chi connectivity index (χ0v) is 24.4. The molecule has 1 spiro atoms. The van der Waals surface area contributed by atoms with E-state index in [4.69, 9.17) is 16.3 Å². The Morgan fingerprint density at radius 2 is 1.79 bits per heavy atom. The van der Waals surface area contributed by atoms with E-state index in [9.17, 15) is 26.7 Å². The first-order valence-electron chi connectivity index (χ1n) is 12.6. The lowest BCUT2D eigenvalue weighted by Gasteiger charge is -2.44. The van der Waals surface area contributed by atoms with Crippen molar-refractivity contribution in [1.82, 2.24) is 14.5 Å². The third kappa shape index (κ3) is 7.71. The normalized spacial score (nSPS) is 22.3. The van der Waals surface area contributed by atoms with Crippen LogP contribution in [0.15, 0.2) is 47.4 Å². The maximum Gasteiger partial charge on any atom is 0.244 e. The Hall–Kier alpha value is -2.22. The quantitative estimate of drug-likeness (QED) is 0.544. The molecule has 0 bridgehead atoms. The van der Waals surface area contributed by atoms with Crippen LogP contribution in [0.4, 0.5) is 0 Å². The minimum absolute atomic E-state index is 0.0303. The number of ether oxygens (including phenoxy) is 1. The lowest BCUT2D eigenvalue weighted by atomic mass is 9.78. The number of hydrogen-bond donors (Lipinski definition) is 2. The summed E-state index contributed by atoms with van der Waals surface area (Å²) in [7, 11) is -5.59. The van der Waals surface area contributed by atoms with Crippen molar-refractivity contribution in [3.63, 3.8) is 0 Å². The van der Waals surface area contributed by atoms with Crippen molar-refractivity contribution in [3.8, 4) is 16.9 Å². The number of β-amino-alcohol motifs (C(OH)–C–C–N with tert-alkyl or cyclic N) is 1. The Morgan fingerprint density at radius 3 is 2.44 bits per heavy atom. The zero-order chi connectivity index (χ0) is 28.4. The molecule has 214 valence electrons. The first-order chi connectivity index (χ1) is 18.3. The molecule has 0 saturated carbocycles. The monoisotopic (exact) mass is 599 g/mol. The van der Waals surface area contributed by atoms with Crippen molar-refractivity contribution in [2.24, 2.45) is 5.41 Å². The fraction of sp³-hybridized carbons (Fsp3) is 0.500. The Morgan fingerprint density at radius 1 is 1.15 bits per heavy atom. The average molecular weight is 600 g/mol. The molecule has 2 aromatic rings. The summed E-state index contributed by atoms with van der Waals surface area (Å²) < 4.78 is 58.4. The van der Waals surface area contributed by atoms with Gasteiger partial charge in [-0.15, -0.1) is 0 Å². The highest BCUT2D eigenvalue weighted by Crippen LogP contribution is 2.37. The molecule has 4 rings (SSSR count). The number of halogens is 1. The van der Waals surface area contributed by atoms with Gasteiger partial charge in [-0.3, -0.25) is 4.79 Å². The van der Waals surface area contributed by atoms with Gasteiger partial charge in [0.1, 0.15) is 16.4 Å². The fourth-order valence-corrected chi connectivity index (χ4v) is 7.09. The number of rotatable bonds is 3. The van der Waals surface area contributed by atoms with E-state index in [2.05, 4.69) is 4.72 Å². The number of carbonyl (C=O) groups is 1. The van der Waals surface area contributed by atoms with Crippen LogP contribution in [0.1, 0.15) is 12.8 Å². The average Bonchev–Trinajstić information content (AvgIpc) is 2.85. The number of fused-ring (bicyclic) bond motifs is 1. The van der Waals surface area contributed by atoms with Gasteiger partial charge >= 0.3 is 0 Å². The summed E-state index contributed by atoms with van der Waals surface area (Å²) in [6, 6.07) is 12.0. The van der Waals surface area contributed by atoms with E-state index >= 15 is 0 Å². The van der Waals surface area contributed by atoms with Crippen LogP contribution < -0.4 is 9.46 Å². The van der Waals surface area contributed by atoms with E-state index in [1.807, 2.05) is 24.1 Å². The molecule has 2 aliphatic rings. The Labute approximate surface area is 234 Å². The van der Waals surface area contributed by atoms with E-state index in [0.717, 1.165) is 17.4 Å². The fourth-order valence-electron chi connectivity index (χ4n) is 5.13. The van der Waals surface area contributed by atoms with Crippen molar-refractivity contribution in [1.29, 1.82) is 0 Å². The van der Waals surface area contributed by atoms with Gasteiger partial charge in [0, 0.05) is 49.4 Å². The minimum Gasteiger partial charge on any atom is -0.492 e. The summed E-state index contributed by atoms with van der Waals surface area (Å²) in [5, 5.41) is 11.1. The number of aliphatic hydroxyl groups is 1. The molecule has 1 amide bonds. The topological polar surface area (TPSA) is 133 Å². The number of sulfonamides is 1. The van der Waals surface area contributed by atoms with Crippen LogP contribution in [-0.2, 0) is 24.7 Å². The number of nitrogens with one attached hydrogen (secondary N) is 1. The molecule has 2 aliphatic heterocycles. The Bertz CT molecular complexity index is 1410. The van der Waals surface area contributed by atoms with E-state index in [0.29, 0.717) is 37.5 Å². The molecule has 2 heterocycles. The summed E-state index contributed by atoms with van der Waals surface area (Å²) in [4.78, 5) is 16.0. The molecule has 0 aromatic heterocycles. The third-order valence-corrected chi connectivity index (χ3v) is 9.63. The molecule has 0 aliphatic carbocycles. The second-order valence-corrected chi connectivity index (χ2v) is 14.9. The number of piperidine rings is 1. The van der Waals surface area contributed by atoms with Crippen molar-refractivity contribution < 1.29 is 31.5 Å². The molecule has 1 atom stereocenters. The van der Waals surface area contributed by atoms with Crippen molar-refractivity contribution in [2.45, 2.75) is 23.8 Å². The second-order valence-electron chi connectivity index (χ2n) is 10.6. The van der Waals surface area contributed by atoms with Crippen molar-refractivity contribution >= 4 is 37.4 Å². The number of aliphatic hydroxyl groups excluding tert-OH is 1. The molecule has 2 aromatic carbocycles. The van der Waals surface area contributed by atoms with Gasteiger partial charge < -0.3 is 19.6 Å². The van der Waals surface area contributed by atoms with Gasteiger partial charge in [0.2, 0.25) is 15.9 Å². The van der Waals surface area contributed by atoms with Gasteiger partial charge in [0.05, 0.1) is 12.7 Å². The summed E-state index contributed by atoms with van der Waals surface area (Å²) >= 11 is 6.03. The van der Waals surface area contributed by atoms with Gasteiger partial charge in [0.25, 0.3) is 0 Å². The number of likely N-dealkylation sites (N-methyl/N-ethyl adjacent to an activating group) is 1. The Kier molecular flexibility index (Phi) is 8.94. The second kappa shape index (κ2) is 11.7. The predicted molar refractivity (Wildman–Crippen MR) is 149 cm³/mol. The smallest absolute Gasteiger partial charge is 0.244 e. The molecular weight excluding hydrogens is 566 g/mol. The maximum absolute atomic E-state index is 13.2. The lowest BCUT2D eigenvalue weighted by molar-refractivity contribution is -0.131. The number of sulfone groups is 1. The number of benzene rings is 2. The highest BCUT2D eigenvalue weighted by Gasteiger charge is 2.39. The minimum atomic E-state index is -3.99. The van der Waals surface area contributed by atoms with Gasteiger partial charge in [-0.1, -0.05) is 29.8 Å². The molecule has 0 radical (unpaired) electrons. The van der Waals surface area contributed by atoms with Crippen LogP contribution in [0.5, 0.6) is 5.75 Å². The van der Waals surface area contributed by atoms with E-state index in [1.165, 1.54) is 6.07 Å². The molecule has 2 N–H and O–H groups in total. The van der Waals surface area contributed by atoms with E-state index < -0.39 is 43.0 Å². The number of amides is 1. The molecule has 1 saturated heterocycles. The first-order valence-corrected chi connectivity index (χ1v) is 16.5. The Balaban J connectivity index is 1.65. The highest BCUT2D eigenvalue weighted by molar-refractivity contribution is 7.91. The zero-order valence-electron chi connectivity index (χ0n) is 22.0. The standard InChI is InChI=1S/C26H34ClN3O7S2/c1-29-15-22(31)14-28-39(35,36)24-8-5-20(19-3-6-21(27)7-4-19)13-23(24)37-18-26(17-29)9-11-30(12-10-26)25(32)16-38(2,33)34/h3-8,13,22,28,31H,9-12,14-18H2,1-2H3. The molecule has 13 heteroatoms.